The molecule has 2 fully saturated rings. The normalized spacial score (nSPS) is 24.6. The van der Waals surface area contributed by atoms with Gasteiger partial charge in [-0.25, -0.2) is 0 Å². The SMILES string of the molecule is O=C(CCNCCC1CCOC1)NC1CC1. The number of carbonyl (C=O) groups is 1. The van der Waals surface area contributed by atoms with Gasteiger partial charge in [0.25, 0.3) is 0 Å². The molecule has 4 heteroatoms. The number of carbonyl (C=O) groups excluding carboxylic acids is 1. The first kappa shape index (κ1) is 11.9. The van der Waals surface area contributed by atoms with Gasteiger partial charge in [-0.3, -0.25) is 4.79 Å². The van der Waals surface area contributed by atoms with Crippen LogP contribution in [0.15, 0.2) is 0 Å². The van der Waals surface area contributed by atoms with E-state index < -0.39 is 0 Å². The fraction of sp³-hybridized carbons (Fsp3) is 0.917. The molecular weight excluding hydrogens is 204 g/mol. The van der Waals surface area contributed by atoms with Crippen molar-refractivity contribution in [2.75, 3.05) is 26.3 Å². The molecule has 1 aliphatic carbocycles. The number of hydrogen-bond acceptors (Lipinski definition) is 3. The lowest BCUT2D eigenvalue weighted by Gasteiger charge is -2.08. The molecule has 2 rings (SSSR count). The predicted molar refractivity (Wildman–Crippen MR) is 62.2 cm³/mol. The molecule has 0 aromatic heterocycles. The zero-order valence-corrected chi connectivity index (χ0v) is 9.84. The van der Waals surface area contributed by atoms with Gasteiger partial charge in [0.15, 0.2) is 0 Å². The summed E-state index contributed by atoms with van der Waals surface area (Å²) in [5.41, 5.74) is 0. The lowest BCUT2D eigenvalue weighted by atomic mass is 10.1. The van der Waals surface area contributed by atoms with E-state index in [2.05, 4.69) is 10.6 Å². The van der Waals surface area contributed by atoms with Crippen LogP contribution in [0.4, 0.5) is 0 Å². The number of ether oxygens (including phenoxy) is 1. The van der Waals surface area contributed by atoms with Gasteiger partial charge in [0.1, 0.15) is 0 Å². The first-order valence-electron chi connectivity index (χ1n) is 6.42. The molecule has 0 spiro atoms. The lowest BCUT2D eigenvalue weighted by Crippen LogP contribution is -2.29. The molecule has 1 unspecified atom stereocenters. The Morgan fingerprint density at radius 1 is 1.25 bits per heavy atom. The summed E-state index contributed by atoms with van der Waals surface area (Å²) >= 11 is 0. The second-order valence-corrected chi connectivity index (χ2v) is 4.86. The van der Waals surface area contributed by atoms with Gasteiger partial charge in [0, 0.05) is 32.2 Å². The third kappa shape index (κ3) is 4.49. The van der Waals surface area contributed by atoms with Crippen LogP contribution < -0.4 is 10.6 Å². The highest BCUT2D eigenvalue weighted by Gasteiger charge is 2.22. The number of rotatable bonds is 7. The number of amides is 1. The molecule has 1 amide bonds. The molecule has 92 valence electrons. The Labute approximate surface area is 97.1 Å². The van der Waals surface area contributed by atoms with Crippen LogP contribution in [-0.4, -0.2) is 38.3 Å². The van der Waals surface area contributed by atoms with Gasteiger partial charge in [-0.05, 0) is 38.1 Å². The van der Waals surface area contributed by atoms with Crippen LogP contribution in [0.1, 0.15) is 32.1 Å². The van der Waals surface area contributed by atoms with Crippen molar-refractivity contribution in [3.05, 3.63) is 0 Å². The van der Waals surface area contributed by atoms with Crippen LogP contribution in [0.3, 0.4) is 0 Å². The summed E-state index contributed by atoms with van der Waals surface area (Å²) < 4.78 is 5.31. The standard InChI is InChI=1S/C12H22N2O2/c15-12(14-11-1-2-11)4-7-13-6-3-10-5-8-16-9-10/h10-11,13H,1-9H2,(H,14,15). The molecule has 2 N–H and O–H groups in total. The summed E-state index contributed by atoms with van der Waals surface area (Å²) in [5, 5.41) is 6.31. The van der Waals surface area contributed by atoms with Crippen molar-refractivity contribution < 1.29 is 9.53 Å². The van der Waals surface area contributed by atoms with Crippen molar-refractivity contribution >= 4 is 5.91 Å². The topological polar surface area (TPSA) is 50.4 Å². The number of nitrogens with one attached hydrogen (secondary N) is 2. The Morgan fingerprint density at radius 2 is 2.12 bits per heavy atom. The van der Waals surface area contributed by atoms with E-state index in [1.807, 2.05) is 0 Å². The van der Waals surface area contributed by atoms with Crippen molar-refractivity contribution in [1.29, 1.82) is 0 Å². The number of hydrogen-bond donors (Lipinski definition) is 2. The van der Waals surface area contributed by atoms with E-state index in [1.54, 1.807) is 0 Å². The van der Waals surface area contributed by atoms with Gasteiger partial charge in [0.2, 0.25) is 5.91 Å². The van der Waals surface area contributed by atoms with E-state index in [0.717, 1.165) is 32.2 Å². The summed E-state index contributed by atoms with van der Waals surface area (Å²) in [4.78, 5) is 11.3. The fourth-order valence-corrected chi connectivity index (χ4v) is 1.97. The quantitative estimate of drug-likeness (QED) is 0.627. The minimum atomic E-state index is 0.194. The van der Waals surface area contributed by atoms with Crippen LogP contribution in [-0.2, 0) is 9.53 Å². The molecule has 0 radical (unpaired) electrons. The first-order valence-corrected chi connectivity index (χ1v) is 6.42. The Hall–Kier alpha value is -0.610. The summed E-state index contributed by atoms with van der Waals surface area (Å²) in [7, 11) is 0. The molecule has 1 saturated carbocycles. The second-order valence-electron chi connectivity index (χ2n) is 4.86. The minimum Gasteiger partial charge on any atom is -0.381 e. The Kier molecular flexibility index (Phi) is 4.60. The molecule has 4 nitrogen and oxygen atoms in total. The van der Waals surface area contributed by atoms with Crippen molar-refractivity contribution in [2.24, 2.45) is 5.92 Å². The minimum absolute atomic E-state index is 0.194. The van der Waals surface area contributed by atoms with E-state index >= 15 is 0 Å². The van der Waals surface area contributed by atoms with Crippen molar-refractivity contribution in [3.8, 4) is 0 Å². The van der Waals surface area contributed by atoms with Gasteiger partial charge in [-0.2, -0.15) is 0 Å². The van der Waals surface area contributed by atoms with Crippen LogP contribution >= 0.6 is 0 Å². The highest BCUT2D eigenvalue weighted by Crippen LogP contribution is 2.18. The molecule has 1 saturated heterocycles. The average Bonchev–Trinajstić information content (AvgIpc) is 2.93. The average molecular weight is 226 g/mol. The van der Waals surface area contributed by atoms with E-state index in [1.165, 1.54) is 25.7 Å². The van der Waals surface area contributed by atoms with Crippen molar-refractivity contribution in [3.63, 3.8) is 0 Å². The molecule has 1 aliphatic heterocycles. The first-order chi connectivity index (χ1) is 7.84. The zero-order chi connectivity index (χ0) is 11.2. The summed E-state index contributed by atoms with van der Waals surface area (Å²) in [6, 6.07) is 0.489. The van der Waals surface area contributed by atoms with E-state index in [0.29, 0.717) is 12.5 Å². The van der Waals surface area contributed by atoms with E-state index in [9.17, 15) is 4.79 Å². The van der Waals surface area contributed by atoms with Crippen molar-refractivity contribution in [1.82, 2.24) is 10.6 Å². The van der Waals surface area contributed by atoms with Crippen LogP contribution in [0.25, 0.3) is 0 Å². The van der Waals surface area contributed by atoms with E-state index in [-0.39, 0.29) is 5.91 Å². The van der Waals surface area contributed by atoms with Crippen molar-refractivity contribution in [2.45, 2.75) is 38.1 Å². The Balaban J connectivity index is 1.40. The van der Waals surface area contributed by atoms with Gasteiger partial charge in [0.05, 0.1) is 0 Å². The van der Waals surface area contributed by atoms with Crippen LogP contribution in [0, 0.1) is 5.92 Å². The highest BCUT2D eigenvalue weighted by molar-refractivity contribution is 5.76. The van der Waals surface area contributed by atoms with E-state index in [4.69, 9.17) is 4.74 Å². The largest absolute Gasteiger partial charge is 0.381 e. The molecule has 0 bridgehead atoms. The maximum absolute atomic E-state index is 11.3. The second kappa shape index (κ2) is 6.21. The lowest BCUT2D eigenvalue weighted by molar-refractivity contribution is -0.121. The molecule has 16 heavy (non-hydrogen) atoms. The highest BCUT2D eigenvalue weighted by atomic mass is 16.5. The molecule has 2 aliphatic rings. The molecule has 0 aromatic carbocycles. The molecule has 1 atom stereocenters. The smallest absolute Gasteiger partial charge is 0.221 e. The molecule has 1 heterocycles. The summed E-state index contributed by atoms with van der Waals surface area (Å²) in [5.74, 6) is 0.923. The summed E-state index contributed by atoms with van der Waals surface area (Å²) in [6.45, 7) is 3.65. The zero-order valence-electron chi connectivity index (χ0n) is 9.84. The molecule has 0 aromatic rings. The van der Waals surface area contributed by atoms with Gasteiger partial charge in [-0.15, -0.1) is 0 Å². The van der Waals surface area contributed by atoms with Gasteiger partial charge < -0.3 is 15.4 Å². The van der Waals surface area contributed by atoms with Gasteiger partial charge in [-0.1, -0.05) is 0 Å². The predicted octanol–water partition coefficient (Wildman–Crippen LogP) is 0.671. The third-order valence-electron chi connectivity index (χ3n) is 3.22. The Bertz CT molecular complexity index is 223. The molecular formula is C12H22N2O2. The fourth-order valence-electron chi connectivity index (χ4n) is 1.97. The van der Waals surface area contributed by atoms with Gasteiger partial charge >= 0.3 is 0 Å². The maximum Gasteiger partial charge on any atom is 0.221 e. The van der Waals surface area contributed by atoms with Crippen LogP contribution in [0.5, 0.6) is 0 Å². The monoisotopic (exact) mass is 226 g/mol. The van der Waals surface area contributed by atoms with Crippen LogP contribution in [0.2, 0.25) is 0 Å². The third-order valence-corrected chi connectivity index (χ3v) is 3.22. The maximum atomic E-state index is 11.3. The summed E-state index contributed by atoms with van der Waals surface area (Å²) in [6.07, 6.45) is 5.31. The Morgan fingerprint density at radius 3 is 2.81 bits per heavy atom.